The summed E-state index contributed by atoms with van der Waals surface area (Å²) in [5.41, 5.74) is 0.799. The smallest absolute Gasteiger partial charge is 0.307 e. The summed E-state index contributed by atoms with van der Waals surface area (Å²) in [4.78, 5) is 24.0. The molecule has 0 heterocycles. The molecule has 0 radical (unpaired) electrons. The Balaban J connectivity index is 2.14. The zero-order valence-corrected chi connectivity index (χ0v) is 14.4. The maximum atomic E-state index is 12.6. The topological polar surface area (TPSA) is 84.9 Å². The molecule has 3 atom stereocenters. The minimum atomic E-state index is -0.888. The van der Waals surface area contributed by atoms with E-state index in [2.05, 4.69) is 5.32 Å². The average Bonchev–Trinajstić information content (AvgIpc) is 2.60. The highest BCUT2D eigenvalue weighted by Crippen LogP contribution is 2.33. The Morgan fingerprint density at radius 1 is 1.17 bits per heavy atom. The standard InChI is InChI=1S/C18H25NO5/c1-11(15-10-12(23-2)8-9-16(15)24-3)19-17(20)13-6-4-5-7-14(13)18(21)22/h8-11,13-14H,4-7H2,1-3H3,(H,19,20)(H,21,22)/t11-,13+,14+/m1/s1. The Labute approximate surface area is 142 Å². The maximum absolute atomic E-state index is 12.6. The number of amides is 1. The van der Waals surface area contributed by atoms with Crippen LogP contribution in [0.4, 0.5) is 0 Å². The van der Waals surface area contributed by atoms with Gasteiger partial charge in [0.1, 0.15) is 11.5 Å². The predicted octanol–water partition coefficient (Wildman–Crippen LogP) is 2.77. The van der Waals surface area contributed by atoms with Gasteiger partial charge in [-0.15, -0.1) is 0 Å². The lowest BCUT2D eigenvalue weighted by Crippen LogP contribution is -2.40. The zero-order valence-electron chi connectivity index (χ0n) is 14.4. The summed E-state index contributed by atoms with van der Waals surface area (Å²) in [6, 6.07) is 5.09. The van der Waals surface area contributed by atoms with Gasteiger partial charge in [-0.25, -0.2) is 0 Å². The van der Waals surface area contributed by atoms with Gasteiger partial charge in [0.15, 0.2) is 0 Å². The van der Waals surface area contributed by atoms with Gasteiger partial charge in [-0.05, 0) is 38.0 Å². The Bertz CT molecular complexity index is 601. The molecule has 1 fully saturated rings. The molecule has 0 aliphatic heterocycles. The van der Waals surface area contributed by atoms with Gasteiger partial charge in [0, 0.05) is 5.56 Å². The van der Waals surface area contributed by atoms with Crippen LogP contribution in [-0.2, 0) is 9.59 Å². The number of benzene rings is 1. The van der Waals surface area contributed by atoms with E-state index in [0.29, 0.717) is 24.3 Å². The Morgan fingerprint density at radius 3 is 2.42 bits per heavy atom. The van der Waals surface area contributed by atoms with Crippen molar-refractivity contribution in [3.8, 4) is 11.5 Å². The molecule has 0 aromatic heterocycles. The molecule has 1 amide bonds. The van der Waals surface area contributed by atoms with Crippen LogP contribution in [-0.4, -0.2) is 31.2 Å². The van der Waals surface area contributed by atoms with Gasteiger partial charge in [0.05, 0.1) is 32.1 Å². The van der Waals surface area contributed by atoms with E-state index in [-0.39, 0.29) is 11.9 Å². The van der Waals surface area contributed by atoms with Crippen molar-refractivity contribution in [2.45, 2.75) is 38.6 Å². The summed E-state index contributed by atoms with van der Waals surface area (Å²) in [7, 11) is 3.15. The molecule has 132 valence electrons. The van der Waals surface area contributed by atoms with E-state index in [0.717, 1.165) is 18.4 Å². The summed E-state index contributed by atoms with van der Waals surface area (Å²) >= 11 is 0. The fourth-order valence-corrected chi connectivity index (χ4v) is 3.32. The fraction of sp³-hybridized carbons (Fsp3) is 0.556. The molecule has 2 rings (SSSR count). The first kappa shape index (κ1) is 18.1. The van der Waals surface area contributed by atoms with E-state index in [9.17, 15) is 14.7 Å². The third-order valence-corrected chi connectivity index (χ3v) is 4.68. The molecular formula is C18H25NO5. The molecule has 0 saturated heterocycles. The number of carboxylic acids is 1. The Hall–Kier alpha value is -2.24. The molecular weight excluding hydrogens is 310 g/mol. The lowest BCUT2D eigenvalue weighted by molar-refractivity contribution is -0.149. The molecule has 1 aromatic rings. The highest BCUT2D eigenvalue weighted by Gasteiger charge is 2.36. The zero-order chi connectivity index (χ0) is 17.7. The first-order valence-electron chi connectivity index (χ1n) is 8.23. The van der Waals surface area contributed by atoms with Crippen LogP contribution in [0.1, 0.15) is 44.2 Å². The van der Waals surface area contributed by atoms with Gasteiger partial charge in [0.25, 0.3) is 0 Å². The third-order valence-electron chi connectivity index (χ3n) is 4.68. The number of hydrogen-bond acceptors (Lipinski definition) is 4. The predicted molar refractivity (Wildman–Crippen MR) is 89.2 cm³/mol. The van der Waals surface area contributed by atoms with Crippen LogP contribution in [0.15, 0.2) is 18.2 Å². The van der Waals surface area contributed by atoms with Crippen molar-refractivity contribution in [1.29, 1.82) is 0 Å². The van der Waals surface area contributed by atoms with E-state index < -0.39 is 17.8 Å². The van der Waals surface area contributed by atoms with Crippen LogP contribution in [0.25, 0.3) is 0 Å². The maximum Gasteiger partial charge on any atom is 0.307 e. The van der Waals surface area contributed by atoms with Crippen molar-refractivity contribution in [2.75, 3.05) is 14.2 Å². The number of nitrogens with one attached hydrogen (secondary N) is 1. The number of carbonyl (C=O) groups excluding carboxylic acids is 1. The highest BCUT2D eigenvalue weighted by molar-refractivity contribution is 5.85. The summed E-state index contributed by atoms with van der Waals surface area (Å²) < 4.78 is 10.6. The van der Waals surface area contributed by atoms with Crippen LogP contribution in [0.2, 0.25) is 0 Å². The van der Waals surface area contributed by atoms with E-state index in [1.165, 1.54) is 0 Å². The number of carbonyl (C=O) groups is 2. The Morgan fingerprint density at radius 2 is 1.83 bits per heavy atom. The molecule has 1 aliphatic carbocycles. The minimum Gasteiger partial charge on any atom is -0.497 e. The van der Waals surface area contributed by atoms with Crippen LogP contribution in [0.5, 0.6) is 11.5 Å². The largest absolute Gasteiger partial charge is 0.497 e. The lowest BCUT2D eigenvalue weighted by atomic mass is 9.78. The summed E-state index contributed by atoms with van der Waals surface area (Å²) in [6.45, 7) is 1.85. The molecule has 1 aliphatic rings. The van der Waals surface area contributed by atoms with Gasteiger partial charge in [-0.2, -0.15) is 0 Å². The number of ether oxygens (including phenoxy) is 2. The first-order valence-corrected chi connectivity index (χ1v) is 8.23. The third kappa shape index (κ3) is 3.99. The average molecular weight is 335 g/mol. The molecule has 1 aromatic carbocycles. The second-order valence-corrected chi connectivity index (χ2v) is 6.17. The van der Waals surface area contributed by atoms with Crippen LogP contribution >= 0.6 is 0 Å². The molecule has 6 nitrogen and oxygen atoms in total. The first-order chi connectivity index (χ1) is 11.5. The number of carboxylic acid groups (broad SMARTS) is 1. The van der Waals surface area contributed by atoms with Gasteiger partial charge in [-0.3, -0.25) is 9.59 Å². The van der Waals surface area contributed by atoms with Gasteiger partial charge in [-0.1, -0.05) is 12.8 Å². The molecule has 0 unspecified atom stereocenters. The van der Waals surface area contributed by atoms with Gasteiger partial charge in [0.2, 0.25) is 5.91 Å². The van der Waals surface area contributed by atoms with Crippen LogP contribution in [0, 0.1) is 11.8 Å². The SMILES string of the molecule is COc1ccc(OC)c([C@@H](C)NC(=O)[C@H]2CCCC[C@@H]2C(=O)O)c1. The quantitative estimate of drug-likeness (QED) is 0.835. The summed E-state index contributed by atoms with van der Waals surface area (Å²) in [5.74, 6) is -0.843. The van der Waals surface area contributed by atoms with E-state index in [4.69, 9.17) is 9.47 Å². The van der Waals surface area contributed by atoms with Crippen LogP contribution < -0.4 is 14.8 Å². The second-order valence-electron chi connectivity index (χ2n) is 6.17. The minimum absolute atomic E-state index is 0.209. The van der Waals surface area contributed by atoms with Crippen molar-refractivity contribution < 1.29 is 24.2 Å². The van der Waals surface area contributed by atoms with Crippen molar-refractivity contribution in [2.24, 2.45) is 11.8 Å². The molecule has 1 saturated carbocycles. The van der Waals surface area contributed by atoms with Crippen molar-refractivity contribution in [1.82, 2.24) is 5.32 Å². The summed E-state index contributed by atoms with van der Waals surface area (Å²) in [6.07, 6.45) is 2.92. The Kier molecular flexibility index (Phi) is 6.06. The van der Waals surface area contributed by atoms with E-state index in [1.54, 1.807) is 26.4 Å². The number of aliphatic carboxylic acids is 1. The van der Waals surface area contributed by atoms with Gasteiger partial charge >= 0.3 is 5.97 Å². The fourth-order valence-electron chi connectivity index (χ4n) is 3.32. The van der Waals surface area contributed by atoms with Gasteiger partial charge < -0.3 is 19.9 Å². The molecule has 0 spiro atoms. The highest BCUT2D eigenvalue weighted by atomic mass is 16.5. The van der Waals surface area contributed by atoms with Crippen molar-refractivity contribution in [3.05, 3.63) is 23.8 Å². The van der Waals surface area contributed by atoms with E-state index >= 15 is 0 Å². The molecule has 6 heteroatoms. The lowest BCUT2D eigenvalue weighted by Gasteiger charge is -2.29. The second kappa shape index (κ2) is 8.04. The number of methoxy groups -OCH3 is 2. The molecule has 24 heavy (non-hydrogen) atoms. The monoisotopic (exact) mass is 335 g/mol. The molecule has 0 bridgehead atoms. The van der Waals surface area contributed by atoms with Crippen LogP contribution in [0.3, 0.4) is 0 Å². The molecule has 2 N–H and O–H groups in total. The number of hydrogen-bond donors (Lipinski definition) is 2. The van der Waals surface area contributed by atoms with E-state index in [1.807, 2.05) is 13.0 Å². The van der Waals surface area contributed by atoms with Crippen molar-refractivity contribution in [3.63, 3.8) is 0 Å². The van der Waals surface area contributed by atoms with Crippen molar-refractivity contribution >= 4 is 11.9 Å². The summed E-state index contributed by atoms with van der Waals surface area (Å²) in [5, 5.41) is 12.3. The number of rotatable bonds is 6. The normalized spacial score (nSPS) is 21.6.